The van der Waals surface area contributed by atoms with Crippen molar-refractivity contribution in [1.29, 1.82) is 0 Å². The fourth-order valence-electron chi connectivity index (χ4n) is 2.19. The third kappa shape index (κ3) is 3.33. The number of rotatable bonds is 6. The van der Waals surface area contributed by atoms with Crippen LogP contribution in [0.2, 0.25) is 0 Å². The lowest BCUT2D eigenvalue weighted by atomic mass is 10.3. The summed E-state index contributed by atoms with van der Waals surface area (Å²) in [5, 5.41) is 8.82. The number of aromatic nitrogens is 4. The Bertz CT molecular complexity index is 719. The molecule has 2 heterocycles. The molecule has 0 aliphatic rings. The van der Waals surface area contributed by atoms with Gasteiger partial charge in [-0.3, -0.25) is 14.2 Å². The monoisotopic (exact) mass is 305 g/mol. The quantitative estimate of drug-likeness (QED) is 0.846. The third-order valence-electron chi connectivity index (χ3n) is 3.25. The molecular formula is C14H19N5O3. The Morgan fingerprint density at radius 2 is 2.00 bits per heavy atom. The van der Waals surface area contributed by atoms with Crippen molar-refractivity contribution >= 4 is 11.8 Å². The first kappa shape index (κ1) is 15.7. The van der Waals surface area contributed by atoms with Gasteiger partial charge < -0.3 is 14.6 Å². The molecule has 0 saturated heterocycles. The second-order valence-corrected chi connectivity index (χ2v) is 5.28. The maximum atomic E-state index is 12.3. The second-order valence-electron chi connectivity index (χ2n) is 5.28. The molecule has 1 N–H and O–H groups in total. The largest absolute Gasteiger partial charge is 0.480 e. The standard InChI is InChI=1S/C14H19N5O3/c1-10(2)19-7-5-15-11(19)8-17(3)13-14(22)18(6-4-16-13)9-12(20)21/h4-7,10H,8-9H2,1-3H3,(H,20,21). The number of carbonyl (C=O) groups is 1. The molecule has 2 aromatic heterocycles. The van der Waals surface area contributed by atoms with Crippen molar-refractivity contribution < 1.29 is 9.90 Å². The van der Waals surface area contributed by atoms with Crippen LogP contribution in [0.25, 0.3) is 0 Å². The summed E-state index contributed by atoms with van der Waals surface area (Å²) in [6.07, 6.45) is 6.38. The van der Waals surface area contributed by atoms with Crippen LogP contribution in [-0.4, -0.2) is 37.2 Å². The van der Waals surface area contributed by atoms with E-state index in [1.165, 1.54) is 12.4 Å². The van der Waals surface area contributed by atoms with Gasteiger partial charge in [0.25, 0.3) is 5.56 Å². The first-order chi connectivity index (χ1) is 10.4. The summed E-state index contributed by atoms with van der Waals surface area (Å²) < 4.78 is 3.13. The lowest BCUT2D eigenvalue weighted by Crippen LogP contribution is -2.32. The second kappa shape index (κ2) is 6.42. The van der Waals surface area contributed by atoms with Crippen LogP contribution in [0.1, 0.15) is 25.7 Å². The van der Waals surface area contributed by atoms with Crippen molar-refractivity contribution in [3.63, 3.8) is 0 Å². The van der Waals surface area contributed by atoms with Crippen molar-refractivity contribution in [2.45, 2.75) is 33.0 Å². The Hall–Kier alpha value is -2.64. The van der Waals surface area contributed by atoms with Gasteiger partial charge in [-0.2, -0.15) is 0 Å². The highest BCUT2D eigenvalue weighted by atomic mass is 16.4. The molecule has 0 amide bonds. The highest BCUT2D eigenvalue weighted by Gasteiger charge is 2.14. The molecule has 0 radical (unpaired) electrons. The maximum absolute atomic E-state index is 12.3. The van der Waals surface area contributed by atoms with Crippen LogP contribution in [0.5, 0.6) is 0 Å². The minimum absolute atomic E-state index is 0.196. The first-order valence-corrected chi connectivity index (χ1v) is 6.90. The zero-order valence-electron chi connectivity index (χ0n) is 12.8. The lowest BCUT2D eigenvalue weighted by Gasteiger charge is -2.19. The summed E-state index contributed by atoms with van der Waals surface area (Å²) in [6, 6.07) is 0.262. The summed E-state index contributed by atoms with van der Waals surface area (Å²) in [5.74, 6) is -0.0633. The summed E-state index contributed by atoms with van der Waals surface area (Å²) >= 11 is 0. The van der Waals surface area contributed by atoms with Crippen LogP contribution in [0.3, 0.4) is 0 Å². The molecule has 0 bridgehead atoms. The lowest BCUT2D eigenvalue weighted by molar-refractivity contribution is -0.137. The maximum Gasteiger partial charge on any atom is 0.323 e. The Balaban J connectivity index is 2.26. The molecular weight excluding hydrogens is 286 g/mol. The molecule has 0 unspecified atom stereocenters. The minimum atomic E-state index is -1.07. The molecule has 118 valence electrons. The van der Waals surface area contributed by atoms with Crippen molar-refractivity contribution in [1.82, 2.24) is 19.1 Å². The summed E-state index contributed by atoms with van der Waals surface area (Å²) in [6.45, 7) is 4.12. The van der Waals surface area contributed by atoms with Gasteiger partial charge in [0, 0.05) is 37.9 Å². The van der Waals surface area contributed by atoms with E-state index >= 15 is 0 Å². The zero-order valence-corrected chi connectivity index (χ0v) is 12.8. The smallest absolute Gasteiger partial charge is 0.323 e. The number of anilines is 1. The van der Waals surface area contributed by atoms with E-state index in [0.29, 0.717) is 6.54 Å². The van der Waals surface area contributed by atoms with Gasteiger partial charge in [0.1, 0.15) is 12.4 Å². The van der Waals surface area contributed by atoms with E-state index < -0.39 is 11.5 Å². The minimum Gasteiger partial charge on any atom is -0.480 e. The van der Waals surface area contributed by atoms with E-state index in [1.54, 1.807) is 18.1 Å². The van der Waals surface area contributed by atoms with Gasteiger partial charge in [-0.25, -0.2) is 9.97 Å². The summed E-state index contributed by atoms with van der Waals surface area (Å²) in [4.78, 5) is 33.1. The predicted octanol–water partition coefficient (Wildman–Crippen LogP) is 0.742. The molecule has 22 heavy (non-hydrogen) atoms. The molecule has 0 saturated carbocycles. The predicted molar refractivity (Wildman–Crippen MR) is 80.9 cm³/mol. The topological polar surface area (TPSA) is 93.2 Å². The van der Waals surface area contributed by atoms with Crippen LogP contribution < -0.4 is 10.5 Å². The Kier molecular flexibility index (Phi) is 4.59. The SMILES string of the molecule is CC(C)n1ccnc1CN(C)c1nccn(CC(=O)O)c1=O. The number of hydrogen-bond donors (Lipinski definition) is 1. The van der Waals surface area contributed by atoms with Gasteiger partial charge in [-0.1, -0.05) is 0 Å². The van der Waals surface area contributed by atoms with E-state index in [-0.39, 0.29) is 18.4 Å². The van der Waals surface area contributed by atoms with Crippen molar-refractivity contribution in [3.8, 4) is 0 Å². The summed E-state index contributed by atoms with van der Waals surface area (Å²) in [5.41, 5.74) is -0.435. The molecule has 0 atom stereocenters. The molecule has 0 aliphatic heterocycles. The molecule has 0 fully saturated rings. The van der Waals surface area contributed by atoms with Gasteiger partial charge in [0.15, 0.2) is 5.82 Å². The van der Waals surface area contributed by atoms with Crippen LogP contribution in [0.4, 0.5) is 5.82 Å². The van der Waals surface area contributed by atoms with Crippen molar-refractivity contribution in [2.24, 2.45) is 0 Å². The van der Waals surface area contributed by atoms with E-state index in [9.17, 15) is 9.59 Å². The van der Waals surface area contributed by atoms with Gasteiger partial charge in [-0.05, 0) is 13.8 Å². The number of hydrogen-bond acceptors (Lipinski definition) is 5. The fraction of sp³-hybridized carbons (Fsp3) is 0.429. The fourth-order valence-corrected chi connectivity index (χ4v) is 2.19. The summed E-state index contributed by atoms with van der Waals surface area (Å²) in [7, 11) is 1.73. The van der Waals surface area contributed by atoms with Gasteiger partial charge in [0.2, 0.25) is 0 Å². The van der Waals surface area contributed by atoms with Gasteiger partial charge in [0.05, 0.1) is 6.54 Å². The normalized spacial score (nSPS) is 10.9. The van der Waals surface area contributed by atoms with Crippen molar-refractivity contribution in [2.75, 3.05) is 11.9 Å². The van der Waals surface area contributed by atoms with Crippen LogP contribution in [0, 0.1) is 0 Å². The van der Waals surface area contributed by atoms with Crippen molar-refractivity contribution in [3.05, 3.63) is 41.0 Å². The molecule has 0 aliphatic carbocycles. The number of imidazole rings is 1. The van der Waals surface area contributed by atoms with E-state index in [2.05, 4.69) is 9.97 Å². The molecule has 0 aromatic carbocycles. The van der Waals surface area contributed by atoms with E-state index in [1.807, 2.05) is 24.6 Å². The Morgan fingerprint density at radius 1 is 1.32 bits per heavy atom. The Labute approximate surface area is 127 Å². The third-order valence-corrected chi connectivity index (χ3v) is 3.25. The number of nitrogens with zero attached hydrogens (tertiary/aromatic N) is 5. The van der Waals surface area contributed by atoms with Crippen LogP contribution in [-0.2, 0) is 17.9 Å². The molecule has 2 aromatic rings. The first-order valence-electron chi connectivity index (χ1n) is 6.90. The molecule has 0 spiro atoms. The number of carboxylic acid groups (broad SMARTS) is 1. The van der Waals surface area contributed by atoms with Crippen LogP contribution in [0.15, 0.2) is 29.6 Å². The van der Waals surface area contributed by atoms with Gasteiger partial charge in [-0.15, -0.1) is 0 Å². The van der Waals surface area contributed by atoms with Gasteiger partial charge >= 0.3 is 5.97 Å². The zero-order chi connectivity index (χ0) is 16.3. The average Bonchev–Trinajstić information content (AvgIpc) is 2.88. The number of aliphatic carboxylic acids is 1. The number of carboxylic acids is 1. The Morgan fingerprint density at radius 3 is 2.64 bits per heavy atom. The molecule has 2 rings (SSSR count). The molecule has 8 heteroatoms. The van der Waals surface area contributed by atoms with E-state index in [4.69, 9.17) is 5.11 Å². The van der Waals surface area contributed by atoms with Crippen LogP contribution >= 0.6 is 0 Å². The van der Waals surface area contributed by atoms with E-state index in [0.717, 1.165) is 10.4 Å². The molecule has 8 nitrogen and oxygen atoms in total. The highest BCUT2D eigenvalue weighted by molar-refractivity contribution is 5.66. The average molecular weight is 305 g/mol. The highest BCUT2D eigenvalue weighted by Crippen LogP contribution is 2.11.